The Balaban J connectivity index is 2.40. The second kappa shape index (κ2) is 5.52. The SMILES string of the molecule is CCN(CC)CCn1c(=O)[nH]c2ccc(F)c(F)c21. The highest BCUT2D eigenvalue weighted by Crippen LogP contribution is 2.17. The van der Waals surface area contributed by atoms with Crippen molar-refractivity contribution >= 4 is 11.0 Å². The van der Waals surface area contributed by atoms with Gasteiger partial charge < -0.3 is 9.88 Å². The van der Waals surface area contributed by atoms with Gasteiger partial charge in [0.2, 0.25) is 0 Å². The number of aromatic nitrogens is 2. The highest BCUT2D eigenvalue weighted by molar-refractivity contribution is 5.75. The van der Waals surface area contributed by atoms with Crippen LogP contribution < -0.4 is 5.69 Å². The molecule has 0 saturated heterocycles. The van der Waals surface area contributed by atoms with Gasteiger partial charge in [-0.15, -0.1) is 0 Å². The molecule has 0 radical (unpaired) electrons. The first-order valence-corrected chi connectivity index (χ1v) is 6.37. The van der Waals surface area contributed by atoms with E-state index in [9.17, 15) is 13.6 Å². The summed E-state index contributed by atoms with van der Waals surface area (Å²) >= 11 is 0. The van der Waals surface area contributed by atoms with Gasteiger partial charge in [0.15, 0.2) is 11.6 Å². The van der Waals surface area contributed by atoms with Gasteiger partial charge in [0.25, 0.3) is 0 Å². The van der Waals surface area contributed by atoms with E-state index in [0.717, 1.165) is 19.2 Å². The summed E-state index contributed by atoms with van der Waals surface area (Å²) in [4.78, 5) is 16.4. The van der Waals surface area contributed by atoms with Gasteiger partial charge in [0, 0.05) is 13.1 Å². The van der Waals surface area contributed by atoms with Crippen LogP contribution in [0.1, 0.15) is 13.8 Å². The van der Waals surface area contributed by atoms with Gasteiger partial charge in [-0.25, -0.2) is 13.6 Å². The van der Waals surface area contributed by atoms with Crippen LogP contribution in [0.5, 0.6) is 0 Å². The molecule has 1 aromatic heterocycles. The van der Waals surface area contributed by atoms with Gasteiger partial charge in [0.1, 0.15) is 5.52 Å². The van der Waals surface area contributed by atoms with Gasteiger partial charge in [-0.3, -0.25) is 4.57 Å². The molecule has 0 fully saturated rings. The minimum Gasteiger partial charge on any atom is -0.305 e. The van der Waals surface area contributed by atoms with Crippen molar-refractivity contribution in [2.24, 2.45) is 0 Å². The van der Waals surface area contributed by atoms with Crippen molar-refractivity contribution in [2.45, 2.75) is 20.4 Å². The highest BCUT2D eigenvalue weighted by atomic mass is 19.2. The number of likely N-dealkylation sites (N-methyl/N-ethyl adjacent to an activating group) is 1. The second-order valence-corrected chi connectivity index (χ2v) is 4.37. The lowest BCUT2D eigenvalue weighted by Gasteiger charge is -2.17. The van der Waals surface area contributed by atoms with Crippen LogP contribution in [0.25, 0.3) is 11.0 Å². The van der Waals surface area contributed by atoms with Crippen LogP contribution in [0.3, 0.4) is 0 Å². The molecule has 0 aliphatic rings. The van der Waals surface area contributed by atoms with Crippen molar-refractivity contribution in [2.75, 3.05) is 19.6 Å². The fraction of sp³-hybridized carbons (Fsp3) is 0.462. The summed E-state index contributed by atoms with van der Waals surface area (Å²) in [6, 6.07) is 2.39. The number of nitrogens with one attached hydrogen (secondary N) is 1. The Morgan fingerprint density at radius 3 is 2.58 bits per heavy atom. The summed E-state index contributed by atoms with van der Waals surface area (Å²) in [7, 11) is 0. The molecule has 4 nitrogen and oxygen atoms in total. The molecular formula is C13H17F2N3O. The minimum absolute atomic E-state index is 0.0113. The molecular weight excluding hydrogens is 252 g/mol. The number of hydrogen-bond donors (Lipinski definition) is 1. The average Bonchev–Trinajstić information content (AvgIpc) is 2.72. The lowest BCUT2D eigenvalue weighted by atomic mass is 10.3. The summed E-state index contributed by atoms with van der Waals surface area (Å²) in [5, 5.41) is 0. The van der Waals surface area contributed by atoms with E-state index in [0.29, 0.717) is 18.6 Å². The number of hydrogen-bond acceptors (Lipinski definition) is 2. The zero-order valence-electron chi connectivity index (χ0n) is 11.0. The predicted molar refractivity (Wildman–Crippen MR) is 70.3 cm³/mol. The fourth-order valence-electron chi connectivity index (χ4n) is 2.18. The molecule has 19 heavy (non-hydrogen) atoms. The average molecular weight is 269 g/mol. The van der Waals surface area contributed by atoms with E-state index in [1.165, 1.54) is 10.6 Å². The minimum atomic E-state index is -0.976. The molecule has 0 saturated carbocycles. The maximum absolute atomic E-state index is 13.8. The lowest BCUT2D eigenvalue weighted by Crippen LogP contribution is -2.30. The normalized spacial score (nSPS) is 11.6. The van der Waals surface area contributed by atoms with Gasteiger partial charge in [0.05, 0.1) is 5.52 Å². The molecule has 0 bridgehead atoms. The van der Waals surface area contributed by atoms with Gasteiger partial charge in [-0.2, -0.15) is 0 Å². The number of fused-ring (bicyclic) bond motifs is 1. The van der Waals surface area contributed by atoms with Crippen LogP contribution in [0.4, 0.5) is 8.78 Å². The summed E-state index contributed by atoms with van der Waals surface area (Å²) in [6.45, 7) is 6.69. The molecule has 104 valence electrons. The molecule has 1 aromatic carbocycles. The number of nitrogens with zero attached hydrogens (tertiary/aromatic N) is 2. The van der Waals surface area contributed by atoms with Crippen LogP contribution in [-0.2, 0) is 6.54 Å². The molecule has 6 heteroatoms. The lowest BCUT2D eigenvalue weighted by molar-refractivity contribution is 0.290. The van der Waals surface area contributed by atoms with Crippen LogP contribution in [0.2, 0.25) is 0 Å². The fourth-order valence-corrected chi connectivity index (χ4v) is 2.18. The van der Waals surface area contributed by atoms with E-state index >= 15 is 0 Å². The van der Waals surface area contributed by atoms with Crippen molar-refractivity contribution in [3.05, 3.63) is 34.3 Å². The summed E-state index contributed by atoms with van der Waals surface area (Å²) < 4.78 is 28.3. The topological polar surface area (TPSA) is 41.0 Å². The summed E-state index contributed by atoms with van der Waals surface area (Å²) in [5.74, 6) is -1.92. The van der Waals surface area contributed by atoms with Crippen LogP contribution in [0.15, 0.2) is 16.9 Å². The second-order valence-electron chi connectivity index (χ2n) is 4.37. The smallest absolute Gasteiger partial charge is 0.305 e. The molecule has 2 rings (SSSR count). The van der Waals surface area contributed by atoms with E-state index in [1.807, 2.05) is 13.8 Å². The van der Waals surface area contributed by atoms with Crippen LogP contribution >= 0.6 is 0 Å². The Morgan fingerprint density at radius 1 is 1.26 bits per heavy atom. The molecule has 2 aromatic rings. The molecule has 0 aliphatic heterocycles. The maximum atomic E-state index is 13.8. The summed E-state index contributed by atoms with van der Waals surface area (Å²) in [6.07, 6.45) is 0. The standard InChI is InChI=1S/C13H17F2N3O/c1-3-17(4-2)7-8-18-12-10(16-13(18)19)6-5-9(14)11(12)15/h5-6H,3-4,7-8H2,1-2H3,(H,16,19). The number of benzene rings is 1. The maximum Gasteiger partial charge on any atom is 0.326 e. The molecule has 0 unspecified atom stereocenters. The third-order valence-electron chi connectivity index (χ3n) is 3.36. The molecule has 0 spiro atoms. The largest absolute Gasteiger partial charge is 0.326 e. The number of aromatic amines is 1. The number of imidazole rings is 1. The first-order valence-electron chi connectivity index (χ1n) is 6.37. The van der Waals surface area contributed by atoms with Crippen molar-refractivity contribution < 1.29 is 8.78 Å². The van der Waals surface area contributed by atoms with Gasteiger partial charge >= 0.3 is 5.69 Å². The van der Waals surface area contributed by atoms with E-state index in [4.69, 9.17) is 0 Å². The third kappa shape index (κ3) is 2.53. The molecule has 1 heterocycles. The molecule has 0 aliphatic carbocycles. The zero-order chi connectivity index (χ0) is 14.0. The van der Waals surface area contributed by atoms with E-state index < -0.39 is 17.3 Å². The highest BCUT2D eigenvalue weighted by Gasteiger charge is 2.15. The first-order chi connectivity index (χ1) is 9.08. The Labute approximate surface area is 109 Å². The van der Waals surface area contributed by atoms with E-state index in [-0.39, 0.29) is 5.52 Å². The number of H-pyrrole nitrogens is 1. The zero-order valence-corrected chi connectivity index (χ0v) is 11.0. The van der Waals surface area contributed by atoms with Gasteiger partial charge in [-0.05, 0) is 25.2 Å². The number of halogens is 2. The Morgan fingerprint density at radius 2 is 1.95 bits per heavy atom. The Kier molecular flexibility index (Phi) is 3.99. The molecule has 0 amide bonds. The predicted octanol–water partition coefficient (Wildman–Crippen LogP) is 1.95. The molecule has 1 N–H and O–H groups in total. The quantitative estimate of drug-likeness (QED) is 0.901. The third-order valence-corrected chi connectivity index (χ3v) is 3.36. The van der Waals surface area contributed by atoms with E-state index in [2.05, 4.69) is 9.88 Å². The van der Waals surface area contributed by atoms with Crippen LogP contribution in [-0.4, -0.2) is 34.1 Å². The molecule has 0 atom stereocenters. The van der Waals surface area contributed by atoms with Crippen molar-refractivity contribution in [3.63, 3.8) is 0 Å². The monoisotopic (exact) mass is 269 g/mol. The van der Waals surface area contributed by atoms with Crippen molar-refractivity contribution in [1.82, 2.24) is 14.5 Å². The first kappa shape index (κ1) is 13.7. The van der Waals surface area contributed by atoms with E-state index in [1.54, 1.807) is 0 Å². The van der Waals surface area contributed by atoms with Crippen molar-refractivity contribution in [1.29, 1.82) is 0 Å². The summed E-state index contributed by atoms with van der Waals surface area (Å²) in [5.41, 5.74) is -0.0766. The Bertz CT molecular complexity index is 629. The van der Waals surface area contributed by atoms with Crippen molar-refractivity contribution in [3.8, 4) is 0 Å². The van der Waals surface area contributed by atoms with Gasteiger partial charge in [-0.1, -0.05) is 13.8 Å². The number of rotatable bonds is 5. The Hall–Kier alpha value is -1.69. The van der Waals surface area contributed by atoms with Crippen LogP contribution in [0, 0.1) is 11.6 Å².